The lowest BCUT2D eigenvalue weighted by Gasteiger charge is -2.36. The fourth-order valence-corrected chi connectivity index (χ4v) is 3.51. The molecular weight excluding hydrogens is 379 g/mol. The van der Waals surface area contributed by atoms with E-state index in [0.29, 0.717) is 26.2 Å². The molecule has 1 fully saturated rings. The summed E-state index contributed by atoms with van der Waals surface area (Å²) in [5.41, 5.74) is 2.39. The van der Waals surface area contributed by atoms with Gasteiger partial charge in [-0.05, 0) is 49.1 Å². The number of piperazine rings is 1. The highest BCUT2D eigenvalue weighted by Crippen LogP contribution is 2.17. The summed E-state index contributed by atoms with van der Waals surface area (Å²) in [7, 11) is 0. The van der Waals surface area contributed by atoms with Gasteiger partial charge in [0.1, 0.15) is 17.5 Å². The average Bonchev–Trinajstić information content (AvgIpc) is 2.79. The lowest BCUT2D eigenvalue weighted by Crippen LogP contribution is -2.49. The van der Waals surface area contributed by atoms with Gasteiger partial charge in [-0.3, -0.25) is 4.79 Å². The maximum Gasteiger partial charge on any atom is 0.266 e. The van der Waals surface area contributed by atoms with Gasteiger partial charge in [-0.25, -0.2) is 4.39 Å². The fraction of sp³-hybridized carbons (Fsp3) is 0.333. The van der Waals surface area contributed by atoms with Crippen molar-refractivity contribution >= 4 is 11.6 Å². The Labute approximate surface area is 177 Å². The number of aryl methyl sites for hydroxylation is 1. The van der Waals surface area contributed by atoms with Crippen molar-refractivity contribution in [1.82, 2.24) is 10.2 Å². The minimum atomic E-state index is -0.260. The minimum Gasteiger partial charge on any atom is -0.390 e. The number of hydrogen-bond acceptors (Lipinski definition) is 4. The Kier molecular flexibility index (Phi) is 7.85. The Morgan fingerprint density at radius 3 is 2.40 bits per heavy atom. The van der Waals surface area contributed by atoms with Crippen molar-refractivity contribution in [2.45, 2.75) is 19.3 Å². The van der Waals surface area contributed by atoms with Crippen LogP contribution in [0.1, 0.15) is 18.4 Å². The molecule has 0 saturated carbocycles. The molecule has 1 saturated heterocycles. The molecule has 1 amide bonds. The number of amides is 1. The summed E-state index contributed by atoms with van der Waals surface area (Å²) >= 11 is 0. The van der Waals surface area contributed by atoms with Gasteiger partial charge in [-0.1, -0.05) is 30.3 Å². The Bertz CT molecular complexity index is 882. The van der Waals surface area contributed by atoms with Crippen molar-refractivity contribution in [1.29, 1.82) is 5.26 Å². The second kappa shape index (κ2) is 11.0. The third-order valence-corrected chi connectivity index (χ3v) is 5.24. The summed E-state index contributed by atoms with van der Waals surface area (Å²) in [4.78, 5) is 16.5. The Hall–Kier alpha value is -3.33. The molecule has 1 aliphatic rings. The second-order valence-electron chi connectivity index (χ2n) is 7.32. The van der Waals surface area contributed by atoms with E-state index in [-0.39, 0.29) is 17.3 Å². The smallest absolute Gasteiger partial charge is 0.266 e. The molecule has 1 heterocycles. The van der Waals surface area contributed by atoms with Crippen molar-refractivity contribution in [2.75, 3.05) is 37.6 Å². The van der Waals surface area contributed by atoms with E-state index in [2.05, 4.69) is 22.3 Å². The van der Waals surface area contributed by atoms with Crippen LogP contribution in [-0.2, 0) is 11.2 Å². The standard InChI is InChI=1S/C24H27FN4O/c25-22-9-11-23(12-10-22)28-14-16-29(17-15-28)24(30)21(18-26)19-27-13-5-4-8-20-6-2-1-3-7-20/h1-3,6-7,9-12,19,27H,4-5,8,13-17H2/b21-19-. The van der Waals surface area contributed by atoms with Crippen LogP contribution in [0.4, 0.5) is 10.1 Å². The van der Waals surface area contributed by atoms with Gasteiger partial charge in [0.25, 0.3) is 5.91 Å². The van der Waals surface area contributed by atoms with Crippen LogP contribution >= 0.6 is 0 Å². The highest BCUT2D eigenvalue weighted by Gasteiger charge is 2.23. The third-order valence-electron chi connectivity index (χ3n) is 5.24. The van der Waals surface area contributed by atoms with Crippen LogP contribution in [0, 0.1) is 17.1 Å². The van der Waals surface area contributed by atoms with Crippen molar-refractivity contribution < 1.29 is 9.18 Å². The molecule has 1 aliphatic heterocycles. The molecule has 0 bridgehead atoms. The SMILES string of the molecule is N#C/C(=C/NCCCCc1ccccc1)C(=O)N1CCN(c2ccc(F)cc2)CC1. The van der Waals surface area contributed by atoms with E-state index in [1.54, 1.807) is 17.0 Å². The number of rotatable bonds is 8. The molecule has 0 spiro atoms. The van der Waals surface area contributed by atoms with Gasteiger partial charge in [-0.15, -0.1) is 0 Å². The maximum atomic E-state index is 13.1. The van der Waals surface area contributed by atoms with E-state index in [1.807, 2.05) is 24.3 Å². The van der Waals surface area contributed by atoms with E-state index in [9.17, 15) is 14.4 Å². The first-order chi connectivity index (χ1) is 14.7. The highest BCUT2D eigenvalue weighted by atomic mass is 19.1. The van der Waals surface area contributed by atoms with Gasteiger partial charge < -0.3 is 15.1 Å². The number of halogens is 1. The first kappa shape index (κ1) is 21.4. The Balaban J connectivity index is 1.41. The van der Waals surface area contributed by atoms with Crippen LogP contribution in [0.3, 0.4) is 0 Å². The molecule has 30 heavy (non-hydrogen) atoms. The zero-order valence-corrected chi connectivity index (χ0v) is 17.1. The monoisotopic (exact) mass is 406 g/mol. The predicted octanol–water partition coefficient (Wildman–Crippen LogP) is 3.49. The quantitative estimate of drug-likeness (QED) is 0.414. The van der Waals surface area contributed by atoms with Crippen molar-refractivity contribution in [3.05, 3.63) is 77.8 Å². The van der Waals surface area contributed by atoms with Crippen LogP contribution < -0.4 is 10.2 Å². The minimum absolute atomic E-state index is 0.133. The Morgan fingerprint density at radius 2 is 1.73 bits per heavy atom. The number of unbranched alkanes of at least 4 members (excludes halogenated alkanes) is 1. The van der Waals surface area contributed by atoms with Crippen LogP contribution in [0.5, 0.6) is 0 Å². The van der Waals surface area contributed by atoms with Crippen molar-refractivity contribution in [3.8, 4) is 6.07 Å². The number of carbonyl (C=O) groups excluding carboxylic acids is 1. The van der Waals surface area contributed by atoms with Crippen LogP contribution in [0.2, 0.25) is 0 Å². The third kappa shape index (κ3) is 6.08. The van der Waals surface area contributed by atoms with Crippen molar-refractivity contribution in [2.24, 2.45) is 0 Å². The lowest BCUT2D eigenvalue weighted by atomic mass is 10.1. The van der Waals surface area contributed by atoms with Gasteiger partial charge in [0.2, 0.25) is 0 Å². The molecule has 0 aliphatic carbocycles. The summed E-state index contributed by atoms with van der Waals surface area (Å²) < 4.78 is 13.1. The molecule has 0 atom stereocenters. The molecule has 2 aromatic carbocycles. The highest BCUT2D eigenvalue weighted by molar-refractivity contribution is 5.97. The maximum absolute atomic E-state index is 13.1. The molecular formula is C24H27FN4O. The number of nitriles is 1. The molecule has 3 rings (SSSR count). The van der Waals surface area contributed by atoms with Crippen LogP contribution in [-0.4, -0.2) is 43.5 Å². The summed E-state index contributed by atoms with van der Waals surface area (Å²) in [6.07, 6.45) is 4.58. The van der Waals surface area contributed by atoms with E-state index < -0.39 is 0 Å². The number of nitrogens with one attached hydrogen (secondary N) is 1. The molecule has 2 aromatic rings. The molecule has 1 N–H and O–H groups in total. The molecule has 156 valence electrons. The van der Waals surface area contributed by atoms with Gasteiger partial charge in [0.15, 0.2) is 0 Å². The molecule has 0 unspecified atom stereocenters. The summed E-state index contributed by atoms with van der Waals surface area (Å²) in [5, 5.41) is 12.5. The topological polar surface area (TPSA) is 59.4 Å². The second-order valence-corrected chi connectivity index (χ2v) is 7.32. The van der Waals surface area contributed by atoms with Crippen molar-refractivity contribution in [3.63, 3.8) is 0 Å². The molecule has 0 radical (unpaired) electrons. The number of carbonyl (C=O) groups is 1. The van der Waals surface area contributed by atoms with Crippen LogP contribution in [0.15, 0.2) is 66.4 Å². The summed E-state index contributed by atoms with van der Waals surface area (Å²) in [5.74, 6) is -0.503. The zero-order chi connectivity index (χ0) is 21.2. The molecule has 5 nitrogen and oxygen atoms in total. The molecule has 0 aromatic heterocycles. The fourth-order valence-electron chi connectivity index (χ4n) is 3.51. The van der Waals surface area contributed by atoms with E-state index >= 15 is 0 Å². The zero-order valence-electron chi connectivity index (χ0n) is 17.1. The first-order valence-corrected chi connectivity index (χ1v) is 10.3. The summed E-state index contributed by atoms with van der Waals surface area (Å²) in [6, 6.07) is 18.7. The predicted molar refractivity (Wildman–Crippen MR) is 116 cm³/mol. The van der Waals surface area contributed by atoms with E-state index in [1.165, 1.54) is 23.9 Å². The average molecular weight is 407 g/mol. The first-order valence-electron chi connectivity index (χ1n) is 10.3. The van der Waals surface area contributed by atoms with Gasteiger partial charge >= 0.3 is 0 Å². The van der Waals surface area contributed by atoms with E-state index in [0.717, 1.165) is 31.5 Å². The Morgan fingerprint density at radius 1 is 1.03 bits per heavy atom. The van der Waals surface area contributed by atoms with E-state index in [4.69, 9.17) is 0 Å². The lowest BCUT2D eigenvalue weighted by molar-refractivity contribution is -0.127. The summed E-state index contributed by atoms with van der Waals surface area (Å²) in [6.45, 7) is 3.11. The number of hydrogen-bond donors (Lipinski definition) is 1. The number of anilines is 1. The number of benzene rings is 2. The van der Waals surface area contributed by atoms with Gasteiger partial charge in [-0.2, -0.15) is 5.26 Å². The van der Waals surface area contributed by atoms with Crippen LogP contribution in [0.25, 0.3) is 0 Å². The van der Waals surface area contributed by atoms with Gasteiger partial charge in [0, 0.05) is 44.6 Å². The number of nitrogens with zero attached hydrogens (tertiary/aromatic N) is 3. The molecule has 6 heteroatoms. The normalized spacial score (nSPS) is 14.3. The van der Waals surface area contributed by atoms with Gasteiger partial charge in [0.05, 0.1) is 0 Å². The largest absolute Gasteiger partial charge is 0.390 e.